The number of nitrogens with one attached hydrogen (secondary N) is 1. The van der Waals surface area contributed by atoms with Crippen molar-refractivity contribution in [1.29, 1.82) is 0 Å². The summed E-state index contributed by atoms with van der Waals surface area (Å²) in [6.07, 6.45) is 2.62. The smallest absolute Gasteiger partial charge is 0.248 e. The largest absolute Gasteiger partial charge is 0.366 e. The predicted octanol–water partition coefficient (Wildman–Crippen LogP) is 0.635. The van der Waals surface area contributed by atoms with Crippen molar-refractivity contribution >= 4 is 23.8 Å². The molecule has 1 saturated heterocycles. The summed E-state index contributed by atoms with van der Waals surface area (Å²) in [5.74, 6) is -0.469. The van der Waals surface area contributed by atoms with Crippen LogP contribution in [0.3, 0.4) is 0 Å². The molecule has 1 heterocycles. The molecule has 21 heavy (non-hydrogen) atoms. The third-order valence-corrected chi connectivity index (χ3v) is 3.65. The molecule has 0 saturated carbocycles. The number of benzene rings is 1. The van der Waals surface area contributed by atoms with E-state index < -0.39 is 5.91 Å². The second-order valence-electron chi connectivity index (χ2n) is 5.24. The van der Waals surface area contributed by atoms with Crippen molar-refractivity contribution < 1.29 is 14.4 Å². The molecule has 1 aromatic rings. The van der Waals surface area contributed by atoms with E-state index in [4.69, 9.17) is 5.73 Å². The number of anilines is 1. The van der Waals surface area contributed by atoms with Gasteiger partial charge in [0.1, 0.15) is 6.29 Å². The summed E-state index contributed by atoms with van der Waals surface area (Å²) in [4.78, 5) is 35.6. The number of hydrogen-bond donors (Lipinski definition) is 2. The maximum Gasteiger partial charge on any atom is 0.248 e. The van der Waals surface area contributed by atoms with Gasteiger partial charge in [-0.3, -0.25) is 14.5 Å². The van der Waals surface area contributed by atoms with Gasteiger partial charge in [-0.25, -0.2) is 0 Å². The van der Waals surface area contributed by atoms with Gasteiger partial charge in [-0.15, -0.1) is 0 Å². The monoisotopic (exact) mass is 289 g/mol. The van der Waals surface area contributed by atoms with Crippen molar-refractivity contribution in [3.8, 4) is 0 Å². The van der Waals surface area contributed by atoms with Crippen LogP contribution in [0.2, 0.25) is 0 Å². The lowest BCUT2D eigenvalue weighted by molar-refractivity contribution is -0.117. The fraction of sp³-hybridized carbons (Fsp3) is 0.400. The highest BCUT2D eigenvalue weighted by Gasteiger charge is 2.20. The SMILES string of the molecule is NC(=O)c1ccc(NC(=O)CN2CCC(C=O)CC2)cc1. The number of amides is 2. The highest BCUT2D eigenvalue weighted by molar-refractivity contribution is 5.95. The summed E-state index contributed by atoms with van der Waals surface area (Å²) >= 11 is 0. The molecular formula is C15H19N3O3. The topological polar surface area (TPSA) is 92.5 Å². The summed E-state index contributed by atoms with van der Waals surface area (Å²) in [5, 5.41) is 2.78. The summed E-state index contributed by atoms with van der Waals surface area (Å²) in [6.45, 7) is 1.83. The van der Waals surface area contributed by atoms with Crippen LogP contribution >= 0.6 is 0 Å². The van der Waals surface area contributed by atoms with Crippen LogP contribution in [0.5, 0.6) is 0 Å². The first kappa shape index (κ1) is 15.2. The molecule has 1 aliphatic rings. The minimum Gasteiger partial charge on any atom is -0.366 e. The van der Waals surface area contributed by atoms with Crippen LogP contribution in [0.25, 0.3) is 0 Å². The fourth-order valence-electron chi connectivity index (χ4n) is 2.37. The summed E-state index contributed by atoms with van der Waals surface area (Å²) in [5.41, 5.74) is 6.19. The quantitative estimate of drug-likeness (QED) is 0.778. The van der Waals surface area contributed by atoms with Gasteiger partial charge in [0.2, 0.25) is 11.8 Å². The Morgan fingerprint density at radius 3 is 2.38 bits per heavy atom. The van der Waals surface area contributed by atoms with Crippen LogP contribution in [0.15, 0.2) is 24.3 Å². The molecule has 0 spiro atoms. The van der Waals surface area contributed by atoms with Crippen molar-refractivity contribution in [1.82, 2.24) is 4.90 Å². The van der Waals surface area contributed by atoms with Gasteiger partial charge in [-0.05, 0) is 50.2 Å². The maximum absolute atomic E-state index is 11.9. The van der Waals surface area contributed by atoms with E-state index in [0.717, 1.165) is 32.2 Å². The minimum absolute atomic E-state index is 0.105. The number of carbonyl (C=O) groups excluding carboxylic acids is 3. The highest BCUT2D eigenvalue weighted by Crippen LogP contribution is 2.15. The van der Waals surface area contributed by atoms with Crippen molar-refractivity contribution in [2.75, 3.05) is 25.0 Å². The zero-order valence-corrected chi connectivity index (χ0v) is 11.7. The molecule has 3 N–H and O–H groups in total. The highest BCUT2D eigenvalue weighted by atomic mass is 16.2. The number of primary amides is 1. The van der Waals surface area contributed by atoms with Gasteiger partial charge >= 0.3 is 0 Å². The molecule has 1 aromatic carbocycles. The lowest BCUT2D eigenvalue weighted by Gasteiger charge is -2.28. The Balaban J connectivity index is 1.82. The van der Waals surface area contributed by atoms with Gasteiger partial charge in [0.25, 0.3) is 0 Å². The van der Waals surface area contributed by atoms with E-state index in [1.807, 2.05) is 4.90 Å². The van der Waals surface area contributed by atoms with E-state index in [2.05, 4.69) is 5.32 Å². The zero-order valence-electron chi connectivity index (χ0n) is 11.7. The van der Waals surface area contributed by atoms with Gasteiger partial charge in [0.15, 0.2) is 0 Å². The molecule has 0 atom stereocenters. The van der Waals surface area contributed by atoms with Crippen molar-refractivity contribution in [2.45, 2.75) is 12.8 Å². The number of piperidine rings is 1. The predicted molar refractivity (Wildman–Crippen MR) is 78.8 cm³/mol. The normalized spacial score (nSPS) is 16.4. The van der Waals surface area contributed by atoms with Crippen molar-refractivity contribution in [3.05, 3.63) is 29.8 Å². The van der Waals surface area contributed by atoms with E-state index >= 15 is 0 Å². The third-order valence-electron chi connectivity index (χ3n) is 3.65. The second-order valence-corrected chi connectivity index (χ2v) is 5.24. The van der Waals surface area contributed by atoms with Crippen LogP contribution in [0.4, 0.5) is 5.69 Å². The molecule has 1 fully saturated rings. The average Bonchev–Trinajstić information content (AvgIpc) is 2.48. The zero-order chi connectivity index (χ0) is 15.2. The van der Waals surface area contributed by atoms with Gasteiger partial charge < -0.3 is 15.8 Å². The second kappa shape index (κ2) is 6.99. The molecule has 112 valence electrons. The van der Waals surface area contributed by atoms with Gasteiger partial charge in [0.05, 0.1) is 6.54 Å². The summed E-state index contributed by atoms with van der Waals surface area (Å²) < 4.78 is 0. The van der Waals surface area contributed by atoms with E-state index in [-0.39, 0.29) is 11.8 Å². The van der Waals surface area contributed by atoms with E-state index in [1.54, 1.807) is 24.3 Å². The molecule has 0 radical (unpaired) electrons. The Labute approximate surface area is 123 Å². The molecule has 2 rings (SSSR count). The van der Waals surface area contributed by atoms with Crippen molar-refractivity contribution in [3.63, 3.8) is 0 Å². The van der Waals surface area contributed by atoms with E-state index in [1.165, 1.54) is 0 Å². The number of carbonyl (C=O) groups is 3. The first-order valence-electron chi connectivity index (χ1n) is 6.96. The molecular weight excluding hydrogens is 270 g/mol. The van der Waals surface area contributed by atoms with Crippen LogP contribution in [0, 0.1) is 5.92 Å². The average molecular weight is 289 g/mol. The number of nitrogens with zero attached hydrogens (tertiary/aromatic N) is 1. The van der Waals surface area contributed by atoms with Crippen LogP contribution < -0.4 is 11.1 Å². The van der Waals surface area contributed by atoms with Gasteiger partial charge in [-0.1, -0.05) is 0 Å². The number of rotatable bonds is 5. The Bertz CT molecular complexity index is 519. The molecule has 6 heteroatoms. The van der Waals surface area contributed by atoms with E-state index in [9.17, 15) is 14.4 Å². The molecule has 1 aliphatic heterocycles. The number of nitrogens with two attached hydrogens (primary N) is 1. The summed E-state index contributed by atoms with van der Waals surface area (Å²) in [7, 11) is 0. The maximum atomic E-state index is 11.9. The molecule has 6 nitrogen and oxygen atoms in total. The number of hydrogen-bond acceptors (Lipinski definition) is 4. The van der Waals surface area contributed by atoms with Crippen LogP contribution in [-0.4, -0.2) is 42.6 Å². The molecule has 0 unspecified atom stereocenters. The van der Waals surface area contributed by atoms with Crippen LogP contribution in [0.1, 0.15) is 23.2 Å². The Morgan fingerprint density at radius 1 is 1.24 bits per heavy atom. The lowest BCUT2D eigenvalue weighted by atomic mass is 9.99. The van der Waals surface area contributed by atoms with Crippen molar-refractivity contribution in [2.24, 2.45) is 11.7 Å². The first-order valence-corrected chi connectivity index (χ1v) is 6.96. The summed E-state index contributed by atoms with van der Waals surface area (Å²) in [6, 6.07) is 6.45. The Hall–Kier alpha value is -2.21. The first-order chi connectivity index (χ1) is 10.1. The number of likely N-dealkylation sites (tertiary alicyclic amines) is 1. The van der Waals surface area contributed by atoms with Gasteiger partial charge in [-0.2, -0.15) is 0 Å². The lowest BCUT2D eigenvalue weighted by Crippen LogP contribution is -2.39. The van der Waals surface area contributed by atoms with Gasteiger partial charge in [0, 0.05) is 17.2 Å². The number of aldehydes is 1. The minimum atomic E-state index is -0.495. The standard InChI is InChI=1S/C15H19N3O3/c16-15(21)12-1-3-13(4-2-12)17-14(20)9-18-7-5-11(10-19)6-8-18/h1-4,10-11H,5-9H2,(H2,16,21)(H,17,20). The fourth-order valence-corrected chi connectivity index (χ4v) is 2.37. The third kappa shape index (κ3) is 4.39. The Morgan fingerprint density at radius 2 is 1.86 bits per heavy atom. The molecule has 0 bridgehead atoms. The molecule has 2 amide bonds. The molecule has 0 aliphatic carbocycles. The van der Waals surface area contributed by atoms with E-state index in [0.29, 0.717) is 17.8 Å². The Kier molecular flexibility index (Phi) is 5.05. The molecule has 0 aromatic heterocycles. The van der Waals surface area contributed by atoms with Crippen LogP contribution in [-0.2, 0) is 9.59 Å².